The normalized spacial score (nSPS) is 11.2. The van der Waals surface area contributed by atoms with E-state index in [2.05, 4.69) is 0 Å². The largest absolute Gasteiger partial charge is 0.295 e. The van der Waals surface area contributed by atoms with Gasteiger partial charge in [0.2, 0.25) is 0 Å². The van der Waals surface area contributed by atoms with E-state index in [0.29, 0.717) is 17.3 Å². The summed E-state index contributed by atoms with van der Waals surface area (Å²) in [5, 5.41) is 10.2. The van der Waals surface area contributed by atoms with E-state index < -0.39 is 4.92 Å². The maximum absolute atomic E-state index is 10.9. The van der Waals surface area contributed by atoms with E-state index in [4.69, 9.17) is 11.6 Å². The van der Waals surface area contributed by atoms with E-state index in [1.54, 1.807) is 24.3 Å². The number of ketones is 1. The summed E-state index contributed by atoms with van der Waals surface area (Å²) < 4.78 is 0. The number of carbonyl (C=O) groups excluding carboxylic acids is 1. The fourth-order valence-electron chi connectivity index (χ4n) is 1.03. The number of benzene rings is 1. The number of halogens is 1. The SMILES string of the molecule is CC(=O)c1ccc(/C(Cl)=C\[N+](=O)[O-])cc1. The first-order chi connectivity index (χ1) is 7.00. The Morgan fingerprint density at radius 3 is 2.20 bits per heavy atom. The molecule has 0 bridgehead atoms. The maximum Gasteiger partial charge on any atom is 0.253 e. The minimum absolute atomic E-state index is 0.0371. The Morgan fingerprint density at radius 2 is 1.80 bits per heavy atom. The van der Waals surface area contributed by atoms with Crippen LogP contribution in [0.4, 0.5) is 0 Å². The highest BCUT2D eigenvalue weighted by Gasteiger charge is 2.04. The van der Waals surface area contributed by atoms with Crippen LogP contribution in [-0.2, 0) is 0 Å². The number of nitrogens with zero attached hydrogens (tertiary/aromatic N) is 1. The molecular formula is C10H8ClNO3. The van der Waals surface area contributed by atoms with Crippen molar-refractivity contribution in [1.29, 1.82) is 0 Å². The van der Waals surface area contributed by atoms with E-state index in [0.717, 1.165) is 0 Å². The first-order valence-electron chi connectivity index (χ1n) is 4.13. The third kappa shape index (κ3) is 3.18. The van der Waals surface area contributed by atoms with Crippen molar-refractivity contribution in [2.45, 2.75) is 6.92 Å². The van der Waals surface area contributed by atoms with Crippen LogP contribution in [0.2, 0.25) is 0 Å². The van der Waals surface area contributed by atoms with Gasteiger partial charge in [-0.1, -0.05) is 35.9 Å². The zero-order chi connectivity index (χ0) is 11.4. The quantitative estimate of drug-likeness (QED) is 0.451. The molecule has 0 saturated heterocycles. The first-order valence-corrected chi connectivity index (χ1v) is 4.50. The van der Waals surface area contributed by atoms with Crippen LogP contribution in [0.25, 0.3) is 5.03 Å². The highest BCUT2D eigenvalue weighted by molar-refractivity contribution is 6.48. The summed E-state index contributed by atoms with van der Waals surface area (Å²) in [6, 6.07) is 6.29. The molecule has 78 valence electrons. The zero-order valence-electron chi connectivity index (χ0n) is 7.94. The number of carbonyl (C=O) groups is 1. The number of hydrogen-bond acceptors (Lipinski definition) is 3. The second-order valence-corrected chi connectivity index (χ2v) is 3.30. The van der Waals surface area contributed by atoms with E-state index in [9.17, 15) is 14.9 Å². The van der Waals surface area contributed by atoms with Crippen LogP contribution in [0.1, 0.15) is 22.8 Å². The van der Waals surface area contributed by atoms with Gasteiger partial charge in [0.1, 0.15) is 5.03 Å². The Bertz CT molecular complexity index is 423. The average Bonchev–Trinajstić information content (AvgIpc) is 2.17. The molecule has 5 heteroatoms. The minimum Gasteiger partial charge on any atom is -0.295 e. The molecule has 0 unspecified atom stereocenters. The summed E-state index contributed by atoms with van der Waals surface area (Å²) in [4.78, 5) is 20.5. The van der Waals surface area contributed by atoms with Gasteiger partial charge >= 0.3 is 0 Å². The Kier molecular flexibility index (Phi) is 3.57. The molecule has 0 atom stereocenters. The number of Topliss-reactive ketones (excluding diaryl/α,β-unsaturated/α-hetero) is 1. The van der Waals surface area contributed by atoms with Crippen molar-refractivity contribution in [1.82, 2.24) is 0 Å². The number of rotatable bonds is 3. The first kappa shape index (κ1) is 11.4. The van der Waals surface area contributed by atoms with Gasteiger partial charge in [-0.05, 0) is 12.5 Å². The molecule has 0 spiro atoms. The molecule has 0 aliphatic heterocycles. The molecule has 1 aromatic carbocycles. The molecule has 1 rings (SSSR count). The lowest BCUT2D eigenvalue weighted by molar-refractivity contribution is -0.401. The summed E-state index contributed by atoms with van der Waals surface area (Å²) in [6.07, 6.45) is 0.713. The van der Waals surface area contributed by atoms with Crippen LogP contribution in [0.3, 0.4) is 0 Å². The van der Waals surface area contributed by atoms with Crippen molar-refractivity contribution in [2.24, 2.45) is 0 Å². The van der Waals surface area contributed by atoms with Crippen LogP contribution in [-0.4, -0.2) is 10.7 Å². The zero-order valence-corrected chi connectivity index (χ0v) is 8.69. The molecular weight excluding hydrogens is 218 g/mol. The summed E-state index contributed by atoms with van der Waals surface area (Å²) >= 11 is 5.67. The molecule has 0 aliphatic carbocycles. The fourth-order valence-corrected chi connectivity index (χ4v) is 1.24. The van der Waals surface area contributed by atoms with E-state index >= 15 is 0 Å². The van der Waals surface area contributed by atoms with Crippen LogP contribution in [0.15, 0.2) is 30.5 Å². The van der Waals surface area contributed by atoms with Gasteiger partial charge in [0.25, 0.3) is 6.20 Å². The maximum atomic E-state index is 10.9. The highest BCUT2D eigenvalue weighted by atomic mass is 35.5. The minimum atomic E-state index is -0.624. The van der Waals surface area contributed by atoms with Gasteiger partial charge in [0, 0.05) is 5.56 Å². The number of nitro groups is 1. The lowest BCUT2D eigenvalue weighted by Crippen LogP contribution is -1.92. The standard InChI is InChI=1S/C10H8ClNO3/c1-7(13)8-2-4-9(5-3-8)10(11)6-12(14)15/h2-6H,1H3/b10-6+. The van der Waals surface area contributed by atoms with E-state index in [-0.39, 0.29) is 10.8 Å². The molecule has 0 N–H and O–H groups in total. The monoisotopic (exact) mass is 225 g/mol. The van der Waals surface area contributed by atoms with Crippen molar-refractivity contribution in [3.63, 3.8) is 0 Å². The van der Waals surface area contributed by atoms with Crippen LogP contribution >= 0.6 is 11.6 Å². The summed E-state index contributed by atoms with van der Waals surface area (Å²) in [5.74, 6) is -0.0593. The lowest BCUT2D eigenvalue weighted by Gasteiger charge is -1.98. The molecule has 0 amide bonds. The molecule has 1 aromatic rings. The van der Waals surface area contributed by atoms with Gasteiger partial charge in [-0.25, -0.2) is 0 Å². The summed E-state index contributed by atoms with van der Waals surface area (Å²) in [5.41, 5.74) is 1.06. The molecule has 0 saturated carbocycles. The molecule has 0 radical (unpaired) electrons. The van der Waals surface area contributed by atoms with Crippen molar-refractivity contribution in [3.8, 4) is 0 Å². The Balaban J connectivity index is 2.99. The highest BCUT2D eigenvalue weighted by Crippen LogP contribution is 2.19. The van der Waals surface area contributed by atoms with Gasteiger partial charge < -0.3 is 0 Å². The average molecular weight is 226 g/mol. The van der Waals surface area contributed by atoms with Gasteiger partial charge in [0.05, 0.1) is 4.92 Å². The summed E-state index contributed by atoms with van der Waals surface area (Å²) in [7, 11) is 0. The third-order valence-electron chi connectivity index (χ3n) is 1.79. The topological polar surface area (TPSA) is 60.2 Å². The van der Waals surface area contributed by atoms with Gasteiger partial charge in [0.15, 0.2) is 5.78 Å². The Labute approximate surface area is 91.3 Å². The fraction of sp³-hybridized carbons (Fsp3) is 0.100. The Hall–Kier alpha value is -1.68. The lowest BCUT2D eigenvalue weighted by atomic mass is 10.1. The summed E-state index contributed by atoms with van der Waals surface area (Å²) in [6.45, 7) is 1.45. The smallest absolute Gasteiger partial charge is 0.253 e. The van der Waals surface area contributed by atoms with Crippen molar-refractivity contribution < 1.29 is 9.72 Å². The van der Waals surface area contributed by atoms with Crippen molar-refractivity contribution >= 4 is 22.4 Å². The molecule has 0 fully saturated rings. The molecule has 0 heterocycles. The van der Waals surface area contributed by atoms with Gasteiger partial charge in [-0.15, -0.1) is 0 Å². The second kappa shape index (κ2) is 4.70. The molecule has 4 nitrogen and oxygen atoms in total. The van der Waals surface area contributed by atoms with E-state index in [1.807, 2.05) is 0 Å². The second-order valence-electron chi connectivity index (χ2n) is 2.90. The van der Waals surface area contributed by atoms with Crippen molar-refractivity contribution in [2.75, 3.05) is 0 Å². The third-order valence-corrected chi connectivity index (χ3v) is 2.10. The predicted molar refractivity (Wildman–Crippen MR) is 57.3 cm³/mol. The van der Waals surface area contributed by atoms with Gasteiger partial charge in [-0.3, -0.25) is 14.9 Å². The van der Waals surface area contributed by atoms with Crippen molar-refractivity contribution in [3.05, 3.63) is 51.7 Å². The van der Waals surface area contributed by atoms with Crippen LogP contribution in [0.5, 0.6) is 0 Å². The van der Waals surface area contributed by atoms with Gasteiger partial charge in [-0.2, -0.15) is 0 Å². The van der Waals surface area contributed by atoms with E-state index in [1.165, 1.54) is 6.92 Å². The molecule has 15 heavy (non-hydrogen) atoms. The number of hydrogen-bond donors (Lipinski definition) is 0. The Morgan fingerprint density at radius 1 is 1.33 bits per heavy atom. The van der Waals surface area contributed by atoms with Crippen LogP contribution < -0.4 is 0 Å². The molecule has 0 aliphatic rings. The predicted octanol–water partition coefficient (Wildman–Crippen LogP) is 2.70. The van der Waals surface area contributed by atoms with Crippen LogP contribution in [0, 0.1) is 10.1 Å². The molecule has 0 aromatic heterocycles.